The maximum atomic E-state index is 4.84. The van der Waals surface area contributed by atoms with Crippen LogP contribution in [-0.2, 0) is 0 Å². The van der Waals surface area contributed by atoms with Crippen molar-refractivity contribution in [3.63, 3.8) is 0 Å². The van der Waals surface area contributed by atoms with E-state index in [9.17, 15) is 0 Å². The zero-order valence-corrected chi connectivity index (χ0v) is 14.1. The Morgan fingerprint density at radius 1 is 0.800 bits per heavy atom. The summed E-state index contributed by atoms with van der Waals surface area (Å²) in [5.74, 6) is 5.41. The number of thiol groups is 1. The van der Waals surface area contributed by atoms with Crippen molar-refractivity contribution < 1.29 is 0 Å². The summed E-state index contributed by atoms with van der Waals surface area (Å²) in [4.78, 5) is 0. The Hall–Kier alpha value is 0.350. The van der Waals surface area contributed by atoms with Gasteiger partial charge in [-0.2, -0.15) is 12.6 Å². The minimum absolute atomic E-state index is 0.710. The van der Waals surface area contributed by atoms with E-state index >= 15 is 0 Å². The van der Waals surface area contributed by atoms with Crippen molar-refractivity contribution in [2.24, 2.45) is 35.0 Å². The first-order valence-electron chi connectivity index (χ1n) is 9.35. The predicted molar refractivity (Wildman–Crippen MR) is 89.1 cm³/mol. The van der Waals surface area contributed by atoms with Crippen LogP contribution in [0.4, 0.5) is 0 Å². The largest absolute Gasteiger partial charge is 0.176 e. The Balaban J connectivity index is 1.56. The normalized spacial score (nSPS) is 55.5. The second-order valence-corrected chi connectivity index (χ2v) is 9.57. The molecule has 0 aromatic rings. The van der Waals surface area contributed by atoms with Crippen molar-refractivity contribution in [3.05, 3.63) is 0 Å². The maximum absolute atomic E-state index is 4.84. The monoisotopic (exact) mass is 292 g/mol. The quantitative estimate of drug-likeness (QED) is 0.543. The molecule has 0 aliphatic heterocycles. The minimum Gasteiger partial charge on any atom is -0.176 e. The maximum Gasteiger partial charge on any atom is 0.00195 e. The van der Waals surface area contributed by atoms with Gasteiger partial charge in [-0.25, -0.2) is 0 Å². The van der Waals surface area contributed by atoms with Crippen LogP contribution in [0.15, 0.2) is 0 Å². The second kappa shape index (κ2) is 5.21. The summed E-state index contributed by atoms with van der Waals surface area (Å²) in [6, 6.07) is 0. The molecule has 4 aliphatic carbocycles. The Kier molecular flexibility index (Phi) is 3.64. The van der Waals surface area contributed by atoms with Crippen LogP contribution in [0.2, 0.25) is 0 Å². The van der Waals surface area contributed by atoms with Crippen LogP contribution in [-0.4, -0.2) is 5.25 Å². The van der Waals surface area contributed by atoms with Gasteiger partial charge in [0.15, 0.2) is 0 Å². The average Bonchev–Trinajstić information content (AvgIpc) is 2.71. The zero-order chi connectivity index (χ0) is 13.7. The highest BCUT2D eigenvalue weighted by atomic mass is 32.1. The SMILES string of the molecule is CC12CCCC1C1CC[C@@H]3CC(S)CCCC3C1CC2. The molecule has 0 aromatic carbocycles. The number of rotatable bonds is 0. The van der Waals surface area contributed by atoms with Crippen molar-refractivity contribution in [1.82, 2.24) is 0 Å². The van der Waals surface area contributed by atoms with Gasteiger partial charge in [0, 0.05) is 5.25 Å². The first-order valence-corrected chi connectivity index (χ1v) is 9.87. The molecule has 0 N–H and O–H groups in total. The first kappa shape index (κ1) is 14.0. The minimum atomic E-state index is 0.710. The molecule has 0 aromatic heterocycles. The van der Waals surface area contributed by atoms with Gasteiger partial charge in [-0.15, -0.1) is 0 Å². The summed E-state index contributed by atoms with van der Waals surface area (Å²) in [7, 11) is 0. The van der Waals surface area contributed by atoms with Gasteiger partial charge in [-0.1, -0.05) is 19.8 Å². The lowest BCUT2D eigenvalue weighted by molar-refractivity contribution is -0.0388. The molecule has 7 atom stereocenters. The van der Waals surface area contributed by atoms with Crippen molar-refractivity contribution in [2.75, 3.05) is 0 Å². The van der Waals surface area contributed by atoms with Gasteiger partial charge in [0.2, 0.25) is 0 Å². The zero-order valence-electron chi connectivity index (χ0n) is 13.2. The van der Waals surface area contributed by atoms with Crippen LogP contribution in [0.5, 0.6) is 0 Å². The van der Waals surface area contributed by atoms with E-state index in [4.69, 9.17) is 12.6 Å². The van der Waals surface area contributed by atoms with Crippen LogP contribution in [0.3, 0.4) is 0 Å². The lowest BCUT2D eigenvalue weighted by Crippen LogP contribution is -2.45. The van der Waals surface area contributed by atoms with Gasteiger partial charge < -0.3 is 0 Å². The van der Waals surface area contributed by atoms with Crippen LogP contribution in [0, 0.1) is 35.0 Å². The summed E-state index contributed by atoms with van der Waals surface area (Å²) in [5, 5.41) is 0.710. The highest BCUT2D eigenvalue weighted by Crippen LogP contribution is 2.62. The van der Waals surface area contributed by atoms with Crippen molar-refractivity contribution in [2.45, 2.75) is 82.8 Å². The van der Waals surface area contributed by atoms with Crippen molar-refractivity contribution in [3.8, 4) is 0 Å². The molecule has 0 bridgehead atoms. The van der Waals surface area contributed by atoms with Crippen LogP contribution in [0.1, 0.15) is 77.6 Å². The van der Waals surface area contributed by atoms with E-state index in [1.54, 1.807) is 25.7 Å². The molecule has 0 saturated heterocycles. The molecule has 4 saturated carbocycles. The molecule has 6 unspecified atom stereocenters. The average molecular weight is 293 g/mol. The summed E-state index contributed by atoms with van der Waals surface area (Å²) in [6.07, 6.45) is 16.6. The van der Waals surface area contributed by atoms with E-state index in [-0.39, 0.29) is 0 Å². The molecule has 4 fully saturated rings. The molecule has 0 heterocycles. The fourth-order valence-electron chi connectivity index (χ4n) is 7.03. The number of hydrogen-bond donors (Lipinski definition) is 1. The van der Waals surface area contributed by atoms with Crippen molar-refractivity contribution >= 4 is 12.6 Å². The molecule has 4 aliphatic rings. The first-order chi connectivity index (χ1) is 9.67. The fourth-order valence-corrected chi connectivity index (χ4v) is 7.48. The third kappa shape index (κ3) is 2.18. The fraction of sp³-hybridized carbons (Fsp3) is 1.00. The van der Waals surface area contributed by atoms with Gasteiger partial charge in [-0.05, 0) is 92.8 Å². The van der Waals surface area contributed by atoms with E-state index in [0.29, 0.717) is 5.25 Å². The van der Waals surface area contributed by atoms with Crippen molar-refractivity contribution in [1.29, 1.82) is 0 Å². The Labute approximate surface area is 130 Å². The highest BCUT2D eigenvalue weighted by molar-refractivity contribution is 7.80. The van der Waals surface area contributed by atoms with Gasteiger partial charge in [-0.3, -0.25) is 0 Å². The molecule has 0 spiro atoms. The van der Waals surface area contributed by atoms with E-state index < -0.39 is 0 Å². The highest BCUT2D eigenvalue weighted by Gasteiger charge is 2.52. The lowest BCUT2D eigenvalue weighted by Gasteiger charge is -2.53. The molecule has 0 amide bonds. The summed E-state index contributed by atoms with van der Waals surface area (Å²) >= 11 is 4.84. The molecule has 0 radical (unpaired) electrons. The standard InChI is InChI=1S/C19H32S/c1-19-10-3-6-18(19)17-8-7-13-12-14(20)4-2-5-15(13)16(17)9-11-19/h13-18,20H,2-12H2,1H3/t13-,14?,15?,16?,17?,18?,19?/m1/s1. The lowest BCUT2D eigenvalue weighted by atomic mass is 9.52. The smallest absolute Gasteiger partial charge is 0.00195 e. The summed E-state index contributed by atoms with van der Waals surface area (Å²) in [5.41, 5.74) is 0.741. The Morgan fingerprint density at radius 2 is 1.70 bits per heavy atom. The third-order valence-electron chi connectivity index (χ3n) is 7.95. The van der Waals surface area contributed by atoms with Crippen LogP contribution >= 0.6 is 12.6 Å². The van der Waals surface area contributed by atoms with E-state index in [2.05, 4.69) is 6.92 Å². The van der Waals surface area contributed by atoms with Gasteiger partial charge in [0.1, 0.15) is 0 Å². The molecule has 0 nitrogen and oxygen atoms in total. The van der Waals surface area contributed by atoms with Gasteiger partial charge in [0.05, 0.1) is 0 Å². The Bertz CT molecular complexity index is 365. The topological polar surface area (TPSA) is 0 Å². The number of fused-ring (bicyclic) bond motifs is 5. The van der Waals surface area contributed by atoms with E-state index in [1.165, 1.54) is 44.9 Å². The van der Waals surface area contributed by atoms with E-state index in [1.807, 2.05) is 0 Å². The Morgan fingerprint density at radius 3 is 2.60 bits per heavy atom. The molecule has 4 rings (SSSR count). The number of hydrogen-bond acceptors (Lipinski definition) is 1. The molecule has 1 heteroatoms. The summed E-state index contributed by atoms with van der Waals surface area (Å²) in [6.45, 7) is 2.63. The second-order valence-electron chi connectivity index (χ2n) is 8.84. The molecular weight excluding hydrogens is 260 g/mol. The third-order valence-corrected chi connectivity index (χ3v) is 8.42. The predicted octanol–water partition coefficient (Wildman–Crippen LogP) is 5.72. The van der Waals surface area contributed by atoms with Gasteiger partial charge >= 0.3 is 0 Å². The van der Waals surface area contributed by atoms with Crippen LogP contribution in [0.25, 0.3) is 0 Å². The molecule has 20 heavy (non-hydrogen) atoms. The van der Waals surface area contributed by atoms with Gasteiger partial charge in [0.25, 0.3) is 0 Å². The van der Waals surface area contributed by atoms with Crippen LogP contribution < -0.4 is 0 Å². The van der Waals surface area contributed by atoms with E-state index in [0.717, 1.165) is 35.0 Å². The molecule has 114 valence electrons. The molecular formula is C19H32S. The summed E-state index contributed by atoms with van der Waals surface area (Å²) < 4.78 is 0.